The Hall–Kier alpha value is -3.07. The quantitative estimate of drug-likeness (QED) is 0.537. The van der Waals surface area contributed by atoms with Gasteiger partial charge in [-0.2, -0.15) is 0 Å². The Kier molecular flexibility index (Phi) is 7.17. The smallest absolute Gasteiger partial charge is 0.321 e. The molecule has 9 heteroatoms. The van der Waals surface area contributed by atoms with Gasteiger partial charge in [-0.25, -0.2) is 9.18 Å². The topological polar surface area (TPSA) is 73.0 Å². The summed E-state index contributed by atoms with van der Waals surface area (Å²) in [7, 11) is 0. The van der Waals surface area contributed by atoms with Gasteiger partial charge in [-0.1, -0.05) is 18.2 Å². The van der Waals surface area contributed by atoms with Gasteiger partial charge in [-0.05, 0) is 55.0 Å². The fraction of sp³-hybridized carbons (Fsp3) is 0.375. The van der Waals surface area contributed by atoms with Crippen molar-refractivity contribution in [2.45, 2.75) is 30.3 Å². The minimum absolute atomic E-state index is 0.0679. The second-order valence-electron chi connectivity index (χ2n) is 8.24. The van der Waals surface area contributed by atoms with E-state index in [-0.39, 0.29) is 24.4 Å². The first-order valence-electron chi connectivity index (χ1n) is 11.0. The van der Waals surface area contributed by atoms with Gasteiger partial charge in [0, 0.05) is 49.3 Å². The zero-order chi connectivity index (χ0) is 23.4. The van der Waals surface area contributed by atoms with Crippen molar-refractivity contribution in [3.63, 3.8) is 0 Å². The third-order valence-electron chi connectivity index (χ3n) is 6.12. The van der Waals surface area contributed by atoms with Crippen LogP contribution in [0.25, 0.3) is 0 Å². The molecule has 0 saturated carbocycles. The van der Waals surface area contributed by atoms with Crippen LogP contribution in [0.5, 0.6) is 0 Å². The first-order chi connectivity index (χ1) is 15.9. The van der Waals surface area contributed by atoms with Crippen LogP contribution in [0.1, 0.15) is 18.4 Å². The molecular weight excluding hydrogens is 443 g/mol. The number of piperazine rings is 1. The number of nitrogens with zero attached hydrogens (tertiary/aromatic N) is 3. The number of carbonyl (C=O) groups excluding carboxylic acids is 3. The molecule has 0 aliphatic carbocycles. The Bertz CT molecular complexity index is 1040. The Balaban J connectivity index is 1.29. The van der Waals surface area contributed by atoms with Gasteiger partial charge in [0.15, 0.2) is 0 Å². The summed E-state index contributed by atoms with van der Waals surface area (Å²) in [6.07, 6.45) is 3.24. The Labute approximate surface area is 196 Å². The average molecular weight is 471 g/mol. The highest BCUT2D eigenvalue weighted by Gasteiger charge is 2.38. The van der Waals surface area contributed by atoms with Crippen molar-refractivity contribution in [1.82, 2.24) is 14.7 Å². The second-order valence-corrected chi connectivity index (χ2v) is 9.12. The van der Waals surface area contributed by atoms with Crippen LogP contribution in [0.15, 0.2) is 53.4 Å². The lowest BCUT2D eigenvalue weighted by molar-refractivity contribution is -0.158. The van der Waals surface area contributed by atoms with Gasteiger partial charge in [-0.3, -0.25) is 9.59 Å². The molecule has 0 aromatic heterocycles. The molecule has 2 aromatic rings. The van der Waals surface area contributed by atoms with Gasteiger partial charge < -0.3 is 20.0 Å². The summed E-state index contributed by atoms with van der Waals surface area (Å²) in [6, 6.07) is 13.5. The molecule has 2 saturated heterocycles. The van der Waals surface area contributed by atoms with Gasteiger partial charge >= 0.3 is 17.8 Å². The van der Waals surface area contributed by atoms with Crippen molar-refractivity contribution in [3.8, 4) is 0 Å². The molecule has 7 nitrogen and oxygen atoms in total. The number of rotatable bonds is 5. The first kappa shape index (κ1) is 23.1. The van der Waals surface area contributed by atoms with E-state index in [1.807, 2.05) is 30.5 Å². The highest BCUT2D eigenvalue weighted by molar-refractivity contribution is 7.98. The molecule has 2 fully saturated rings. The molecule has 1 N–H and O–H groups in total. The van der Waals surface area contributed by atoms with Gasteiger partial charge in [-0.15, -0.1) is 11.8 Å². The lowest BCUT2D eigenvalue weighted by Gasteiger charge is -2.42. The predicted molar refractivity (Wildman–Crippen MR) is 125 cm³/mol. The van der Waals surface area contributed by atoms with E-state index in [9.17, 15) is 18.8 Å². The first-order valence-corrected chi connectivity index (χ1v) is 12.2. The van der Waals surface area contributed by atoms with Crippen molar-refractivity contribution in [3.05, 3.63) is 59.9 Å². The van der Waals surface area contributed by atoms with Gasteiger partial charge in [0.25, 0.3) is 0 Å². The van der Waals surface area contributed by atoms with Crippen LogP contribution >= 0.6 is 11.8 Å². The fourth-order valence-electron chi connectivity index (χ4n) is 4.33. The van der Waals surface area contributed by atoms with Crippen LogP contribution in [-0.2, 0) is 16.1 Å². The number of likely N-dealkylation sites (tertiary alicyclic amines) is 1. The molecule has 4 amide bonds. The number of hydrogen-bond acceptors (Lipinski definition) is 4. The molecule has 0 atom stereocenters. The van der Waals surface area contributed by atoms with E-state index in [0.717, 1.165) is 10.6 Å². The maximum atomic E-state index is 13.4. The van der Waals surface area contributed by atoms with Crippen molar-refractivity contribution < 1.29 is 18.8 Å². The molecular formula is C24H27FN4O3S. The van der Waals surface area contributed by atoms with Crippen LogP contribution < -0.4 is 5.32 Å². The molecule has 4 rings (SSSR count). The van der Waals surface area contributed by atoms with Crippen LogP contribution in [0.2, 0.25) is 0 Å². The second kappa shape index (κ2) is 10.2. The van der Waals surface area contributed by atoms with E-state index in [0.29, 0.717) is 44.6 Å². The van der Waals surface area contributed by atoms with E-state index in [1.54, 1.807) is 33.7 Å². The number of piperidine rings is 1. The standard InChI is InChI=1S/C24H27FN4O3S/c1-33-21-7-3-6-19(15-21)26-24(32)27-10-8-20(9-11-27)29-13-12-28(22(30)23(29)31)16-17-4-2-5-18(25)14-17/h2-7,14-15,20H,8-13,16H2,1H3,(H,26,32). The summed E-state index contributed by atoms with van der Waals surface area (Å²) in [6.45, 7) is 2.10. The lowest BCUT2D eigenvalue weighted by atomic mass is 10.0. The lowest BCUT2D eigenvalue weighted by Crippen LogP contribution is -2.59. The minimum atomic E-state index is -0.556. The van der Waals surface area contributed by atoms with E-state index < -0.39 is 11.8 Å². The number of anilines is 1. The van der Waals surface area contributed by atoms with E-state index >= 15 is 0 Å². The molecule has 33 heavy (non-hydrogen) atoms. The summed E-state index contributed by atoms with van der Waals surface area (Å²) >= 11 is 1.61. The molecule has 0 spiro atoms. The largest absolute Gasteiger partial charge is 0.330 e. The number of urea groups is 1. The fourth-order valence-corrected chi connectivity index (χ4v) is 4.79. The van der Waals surface area contributed by atoms with Gasteiger partial charge in [0.2, 0.25) is 0 Å². The average Bonchev–Trinajstić information content (AvgIpc) is 2.82. The maximum absolute atomic E-state index is 13.4. The van der Waals surface area contributed by atoms with Crippen molar-refractivity contribution in [2.75, 3.05) is 37.8 Å². The highest BCUT2D eigenvalue weighted by Crippen LogP contribution is 2.23. The van der Waals surface area contributed by atoms with E-state index in [1.165, 1.54) is 17.0 Å². The molecule has 2 aliphatic heterocycles. The van der Waals surface area contributed by atoms with Crippen molar-refractivity contribution in [1.29, 1.82) is 0 Å². The number of benzene rings is 2. The zero-order valence-corrected chi connectivity index (χ0v) is 19.3. The number of thioether (sulfide) groups is 1. The summed E-state index contributed by atoms with van der Waals surface area (Å²) < 4.78 is 13.4. The van der Waals surface area contributed by atoms with Crippen molar-refractivity contribution >= 4 is 35.3 Å². The minimum Gasteiger partial charge on any atom is -0.330 e. The number of nitrogens with one attached hydrogen (secondary N) is 1. The summed E-state index contributed by atoms with van der Waals surface area (Å²) in [5, 5.41) is 2.94. The zero-order valence-electron chi connectivity index (χ0n) is 18.5. The van der Waals surface area contributed by atoms with Crippen LogP contribution in [0.3, 0.4) is 0 Å². The third kappa shape index (κ3) is 5.47. The molecule has 2 heterocycles. The molecule has 2 aromatic carbocycles. The molecule has 174 valence electrons. The van der Waals surface area contributed by atoms with Crippen LogP contribution in [-0.4, -0.2) is 71.0 Å². The number of hydrogen-bond donors (Lipinski definition) is 1. The number of halogens is 1. The maximum Gasteiger partial charge on any atom is 0.321 e. The van der Waals surface area contributed by atoms with E-state index in [4.69, 9.17) is 0 Å². The van der Waals surface area contributed by atoms with Crippen molar-refractivity contribution in [2.24, 2.45) is 0 Å². The van der Waals surface area contributed by atoms with Gasteiger partial charge in [0.05, 0.1) is 0 Å². The SMILES string of the molecule is CSc1cccc(NC(=O)N2CCC(N3CCN(Cc4cccc(F)c4)C(=O)C3=O)CC2)c1. The Morgan fingerprint density at radius 2 is 1.79 bits per heavy atom. The molecule has 0 radical (unpaired) electrons. The predicted octanol–water partition coefficient (Wildman–Crippen LogP) is 3.41. The number of amides is 4. The van der Waals surface area contributed by atoms with Crippen LogP contribution in [0, 0.1) is 5.82 Å². The van der Waals surface area contributed by atoms with Crippen LogP contribution in [0.4, 0.5) is 14.9 Å². The third-order valence-corrected chi connectivity index (χ3v) is 6.84. The molecule has 2 aliphatic rings. The normalized spacial score (nSPS) is 17.5. The highest BCUT2D eigenvalue weighted by atomic mass is 32.2. The summed E-state index contributed by atoms with van der Waals surface area (Å²) in [5.74, 6) is -1.44. The summed E-state index contributed by atoms with van der Waals surface area (Å²) in [5.41, 5.74) is 1.41. The van der Waals surface area contributed by atoms with E-state index in [2.05, 4.69) is 5.32 Å². The molecule has 0 unspecified atom stereocenters. The monoisotopic (exact) mass is 470 g/mol. The molecule has 0 bridgehead atoms. The Morgan fingerprint density at radius 3 is 2.52 bits per heavy atom. The van der Waals surface area contributed by atoms with Gasteiger partial charge in [0.1, 0.15) is 5.82 Å². The number of carbonyl (C=O) groups is 3. The summed E-state index contributed by atoms with van der Waals surface area (Å²) in [4.78, 5) is 44.0. The Morgan fingerprint density at radius 1 is 1.03 bits per heavy atom.